The van der Waals surface area contributed by atoms with Crippen LogP contribution in [0.25, 0.3) is 0 Å². The standard InChI is InChI=1S/C16H11ClN4O4/c17-13-6-5-11(7-14(13)21(23)24)9-19-20-16(22)10-25-15-4-2-1-3-12(15)8-18/h1-7,9H,10H2,(H,20,22). The van der Waals surface area contributed by atoms with E-state index in [1.54, 1.807) is 24.3 Å². The van der Waals surface area contributed by atoms with Gasteiger partial charge in [0.1, 0.15) is 16.8 Å². The van der Waals surface area contributed by atoms with Crippen molar-refractivity contribution in [3.8, 4) is 11.8 Å². The van der Waals surface area contributed by atoms with Gasteiger partial charge >= 0.3 is 0 Å². The number of nitrogens with one attached hydrogen (secondary N) is 1. The number of nitrogens with zero attached hydrogens (tertiary/aromatic N) is 3. The quantitative estimate of drug-likeness (QED) is 0.484. The van der Waals surface area contributed by atoms with E-state index in [0.717, 1.165) is 0 Å². The van der Waals surface area contributed by atoms with Crippen LogP contribution in [0.1, 0.15) is 11.1 Å². The summed E-state index contributed by atoms with van der Waals surface area (Å²) in [5.41, 5.74) is 2.67. The van der Waals surface area contributed by atoms with E-state index >= 15 is 0 Å². The number of ether oxygens (including phenoxy) is 1. The second kappa shape index (κ2) is 8.42. The molecule has 126 valence electrons. The molecule has 0 saturated carbocycles. The van der Waals surface area contributed by atoms with Gasteiger partial charge in [0.25, 0.3) is 11.6 Å². The number of hydrogen-bond acceptors (Lipinski definition) is 6. The molecule has 0 spiro atoms. The van der Waals surface area contributed by atoms with Gasteiger partial charge in [-0.3, -0.25) is 14.9 Å². The van der Waals surface area contributed by atoms with Crippen molar-refractivity contribution in [3.05, 3.63) is 68.7 Å². The number of carbonyl (C=O) groups is 1. The maximum Gasteiger partial charge on any atom is 0.288 e. The van der Waals surface area contributed by atoms with Crippen LogP contribution >= 0.6 is 11.6 Å². The molecule has 0 aromatic heterocycles. The molecule has 25 heavy (non-hydrogen) atoms. The maximum atomic E-state index is 11.7. The lowest BCUT2D eigenvalue weighted by Gasteiger charge is -2.06. The smallest absolute Gasteiger partial charge is 0.288 e. The molecule has 9 heteroatoms. The summed E-state index contributed by atoms with van der Waals surface area (Å²) < 4.78 is 5.24. The van der Waals surface area contributed by atoms with Crippen molar-refractivity contribution in [1.82, 2.24) is 5.43 Å². The molecule has 0 bridgehead atoms. The number of nitro benzene ring substituents is 1. The largest absolute Gasteiger partial charge is 0.482 e. The van der Waals surface area contributed by atoms with Crippen molar-refractivity contribution in [1.29, 1.82) is 5.26 Å². The summed E-state index contributed by atoms with van der Waals surface area (Å²) in [5, 5.41) is 23.4. The summed E-state index contributed by atoms with van der Waals surface area (Å²) >= 11 is 5.70. The highest BCUT2D eigenvalue weighted by Crippen LogP contribution is 2.24. The first kappa shape index (κ1) is 17.9. The lowest BCUT2D eigenvalue weighted by Crippen LogP contribution is -2.24. The average molecular weight is 359 g/mol. The molecule has 0 saturated heterocycles. The molecule has 0 fully saturated rings. The van der Waals surface area contributed by atoms with Gasteiger partial charge in [-0.1, -0.05) is 29.8 Å². The van der Waals surface area contributed by atoms with Crippen molar-refractivity contribution in [2.24, 2.45) is 5.10 Å². The van der Waals surface area contributed by atoms with Crippen LogP contribution in [-0.4, -0.2) is 23.7 Å². The van der Waals surface area contributed by atoms with Gasteiger partial charge < -0.3 is 4.74 Å². The van der Waals surface area contributed by atoms with E-state index < -0.39 is 10.8 Å². The van der Waals surface area contributed by atoms with E-state index in [1.807, 2.05) is 6.07 Å². The highest BCUT2D eigenvalue weighted by Gasteiger charge is 2.12. The third kappa shape index (κ3) is 5.02. The van der Waals surface area contributed by atoms with Crippen molar-refractivity contribution >= 4 is 29.4 Å². The van der Waals surface area contributed by atoms with Gasteiger partial charge in [0.2, 0.25) is 0 Å². The third-order valence-corrected chi connectivity index (χ3v) is 3.26. The normalized spacial score (nSPS) is 10.2. The van der Waals surface area contributed by atoms with Gasteiger partial charge in [0.15, 0.2) is 6.61 Å². The Labute approximate surface area is 147 Å². The summed E-state index contributed by atoms with van der Waals surface area (Å²) in [4.78, 5) is 21.9. The van der Waals surface area contributed by atoms with E-state index in [-0.39, 0.29) is 23.1 Å². The number of benzene rings is 2. The minimum Gasteiger partial charge on any atom is -0.482 e. The second-order valence-corrected chi connectivity index (χ2v) is 5.06. The zero-order valence-corrected chi connectivity index (χ0v) is 13.4. The number of carbonyl (C=O) groups excluding carboxylic acids is 1. The Balaban J connectivity index is 1.92. The Morgan fingerprint density at radius 2 is 2.16 bits per heavy atom. The maximum absolute atomic E-state index is 11.7. The molecule has 0 aliphatic rings. The molecule has 2 rings (SSSR count). The number of rotatable bonds is 6. The summed E-state index contributed by atoms with van der Waals surface area (Å²) in [6.45, 7) is -0.337. The fraction of sp³-hybridized carbons (Fsp3) is 0.0625. The van der Waals surface area contributed by atoms with Gasteiger partial charge in [0, 0.05) is 11.6 Å². The second-order valence-electron chi connectivity index (χ2n) is 4.66. The summed E-state index contributed by atoms with van der Waals surface area (Å²) in [6, 6.07) is 12.6. The van der Waals surface area contributed by atoms with Crippen molar-refractivity contribution in [2.45, 2.75) is 0 Å². The molecule has 1 N–H and O–H groups in total. The van der Waals surface area contributed by atoms with Crippen LogP contribution in [0.3, 0.4) is 0 Å². The lowest BCUT2D eigenvalue weighted by atomic mass is 10.2. The monoisotopic (exact) mass is 358 g/mol. The van der Waals surface area contributed by atoms with Crippen LogP contribution in [0.4, 0.5) is 5.69 Å². The topological polar surface area (TPSA) is 118 Å². The van der Waals surface area contributed by atoms with Crippen LogP contribution in [0.15, 0.2) is 47.6 Å². The molecule has 0 aliphatic heterocycles. The fourth-order valence-electron chi connectivity index (χ4n) is 1.79. The van der Waals surface area contributed by atoms with Crippen LogP contribution in [-0.2, 0) is 4.79 Å². The van der Waals surface area contributed by atoms with Gasteiger partial charge in [-0.25, -0.2) is 5.43 Å². The number of hydrazone groups is 1. The lowest BCUT2D eigenvalue weighted by molar-refractivity contribution is -0.384. The van der Waals surface area contributed by atoms with Crippen molar-refractivity contribution in [3.63, 3.8) is 0 Å². The van der Waals surface area contributed by atoms with E-state index in [0.29, 0.717) is 11.1 Å². The van der Waals surface area contributed by atoms with E-state index in [1.165, 1.54) is 24.4 Å². The Bertz CT molecular complexity index is 877. The Morgan fingerprint density at radius 3 is 2.88 bits per heavy atom. The molecule has 1 amide bonds. The number of nitriles is 1. The van der Waals surface area contributed by atoms with Gasteiger partial charge in [-0.2, -0.15) is 10.4 Å². The average Bonchev–Trinajstić information content (AvgIpc) is 2.61. The SMILES string of the molecule is N#Cc1ccccc1OCC(=O)NN=Cc1ccc(Cl)c([N+](=O)[O-])c1. The van der Waals surface area contributed by atoms with Crippen LogP contribution in [0.5, 0.6) is 5.75 Å². The first-order valence-corrected chi connectivity index (χ1v) is 7.27. The summed E-state index contributed by atoms with van der Waals surface area (Å²) in [5.74, 6) is -0.259. The molecule has 8 nitrogen and oxygen atoms in total. The third-order valence-electron chi connectivity index (χ3n) is 2.94. The molecule has 0 unspecified atom stereocenters. The number of halogens is 1. The highest BCUT2D eigenvalue weighted by atomic mass is 35.5. The minimum absolute atomic E-state index is 0.00995. The molecule has 0 radical (unpaired) electrons. The van der Waals surface area contributed by atoms with Crippen molar-refractivity contribution in [2.75, 3.05) is 6.61 Å². The summed E-state index contributed by atoms with van der Waals surface area (Å²) in [7, 11) is 0. The number of hydrogen-bond donors (Lipinski definition) is 1. The molecule has 0 heterocycles. The highest BCUT2D eigenvalue weighted by molar-refractivity contribution is 6.32. The van der Waals surface area contributed by atoms with Crippen LogP contribution in [0.2, 0.25) is 5.02 Å². The predicted molar refractivity (Wildman–Crippen MR) is 90.5 cm³/mol. The molecule has 0 aliphatic carbocycles. The van der Waals surface area contributed by atoms with Gasteiger partial charge in [0.05, 0.1) is 16.7 Å². The van der Waals surface area contributed by atoms with Crippen molar-refractivity contribution < 1.29 is 14.5 Å². The Morgan fingerprint density at radius 1 is 1.40 bits per heavy atom. The zero-order chi connectivity index (χ0) is 18.2. The predicted octanol–water partition coefficient (Wildman–Crippen LogP) is 2.65. The molecular weight excluding hydrogens is 348 g/mol. The van der Waals surface area contributed by atoms with Crippen LogP contribution < -0.4 is 10.2 Å². The number of amides is 1. The zero-order valence-electron chi connectivity index (χ0n) is 12.7. The summed E-state index contributed by atoms with van der Waals surface area (Å²) in [6.07, 6.45) is 1.24. The molecule has 2 aromatic carbocycles. The molecule has 2 aromatic rings. The minimum atomic E-state index is -0.612. The number of nitro groups is 1. The Kier molecular flexibility index (Phi) is 6.03. The first-order valence-electron chi connectivity index (χ1n) is 6.89. The Hall–Kier alpha value is -3.44. The fourth-order valence-corrected chi connectivity index (χ4v) is 1.98. The van der Waals surface area contributed by atoms with Gasteiger partial charge in [-0.05, 0) is 18.2 Å². The van der Waals surface area contributed by atoms with E-state index in [2.05, 4.69) is 10.5 Å². The molecular formula is C16H11ClN4O4. The number of para-hydroxylation sites is 1. The van der Waals surface area contributed by atoms with E-state index in [9.17, 15) is 14.9 Å². The van der Waals surface area contributed by atoms with Gasteiger partial charge in [-0.15, -0.1) is 0 Å². The van der Waals surface area contributed by atoms with Crippen LogP contribution in [0, 0.1) is 21.4 Å². The molecule has 0 atom stereocenters. The first-order chi connectivity index (χ1) is 12.0. The van der Waals surface area contributed by atoms with E-state index in [4.69, 9.17) is 21.6 Å².